The molecule has 7 nitrogen and oxygen atoms in total. The highest BCUT2D eigenvalue weighted by atomic mass is 127. The fourth-order valence-electron chi connectivity index (χ4n) is 2.82. The van der Waals surface area contributed by atoms with Gasteiger partial charge in [-0.2, -0.15) is 0 Å². The average molecular weight is 518 g/mol. The highest BCUT2D eigenvalue weighted by Crippen LogP contribution is 2.12. The predicted octanol–water partition coefficient (Wildman–Crippen LogP) is 2.43. The summed E-state index contributed by atoms with van der Waals surface area (Å²) in [6.07, 6.45) is 1.96. The van der Waals surface area contributed by atoms with Gasteiger partial charge in [0.15, 0.2) is 5.96 Å². The van der Waals surface area contributed by atoms with Gasteiger partial charge in [-0.1, -0.05) is 30.3 Å². The Balaban J connectivity index is 0.00000420. The molecule has 2 atom stereocenters. The van der Waals surface area contributed by atoms with E-state index in [-0.39, 0.29) is 42.5 Å². The molecule has 0 saturated carbocycles. The van der Waals surface area contributed by atoms with Crippen molar-refractivity contribution in [1.29, 1.82) is 0 Å². The molecule has 0 aromatic heterocycles. The molecule has 0 radical (unpaired) electrons. The average Bonchev–Trinajstić information content (AvgIpc) is 3.22. The first-order valence-corrected chi connectivity index (χ1v) is 10.0. The molecule has 2 unspecified atom stereocenters. The quantitative estimate of drug-likeness (QED) is 0.216. The zero-order chi connectivity index (χ0) is 20.2. The van der Waals surface area contributed by atoms with Crippen LogP contribution in [0.1, 0.15) is 31.4 Å². The van der Waals surface area contributed by atoms with Crippen molar-refractivity contribution in [1.82, 2.24) is 15.5 Å². The third-order valence-corrected chi connectivity index (χ3v) is 4.66. The normalized spacial score (nSPS) is 17.3. The largest absolute Gasteiger partial charge is 0.381 e. The monoisotopic (exact) mass is 518 g/mol. The minimum atomic E-state index is -0.0319. The van der Waals surface area contributed by atoms with Crippen LogP contribution in [0.4, 0.5) is 0 Å². The van der Waals surface area contributed by atoms with E-state index in [1.807, 2.05) is 18.2 Å². The zero-order valence-electron chi connectivity index (χ0n) is 17.7. The molecule has 1 aliphatic heterocycles. The molecule has 2 N–H and O–H groups in total. The lowest BCUT2D eigenvalue weighted by atomic mass is 10.1. The maximum absolute atomic E-state index is 11.9. The van der Waals surface area contributed by atoms with Gasteiger partial charge in [0.25, 0.3) is 0 Å². The number of amides is 1. The standard InChI is InChI=1S/C21H34N4O3.HI/c1-17(19-8-5-4-6-9-19)24-21(23-14-20(26)25(2)3)22-11-7-12-27-15-18-10-13-28-16-18;/h4-6,8-9,17-18H,7,10-16H2,1-3H3,(H2,22,23,24);1H. The number of carbonyl (C=O) groups excluding carboxylic acids is 1. The molecule has 2 rings (SSSR count). The van der Waals surface area contributed by atoms with Gasteiger partial charge < -0.3 is 25.0 Å². The van der Waals surface area contributed by atoms with E-state index in [0.29, 0.717) is 18.5 Å². The summed E-state index contributed by atoms with van der Waals surface area (Å²) in [4.78, 5) is 17.9. The van der Waals surface area contributed by atoms with Crippen molar-refractivity contribution in [2.75, 3.05) is 53.6 Å². The number of hydrogen-bond acceptors (Lipinski definition) is 4. The number of carbonyl (C=O) groups is 1. The fraction of sp³-hybridized carbons (Fsp3) is 0.619. The Morgan fingerprint density at radius 3 is 2.76 bits per heavy atom. The first kappa shape index (κ1) is 25.6. The number of ether oxygens (including phenoxy) is 2. The van der Waals surface area contributed by atoms with Gasteiger partial charge in [-0.25, -0.2) is 4.99 Å². The number of guanidine groups is 1. The van der Waals surface area contributed by atoms with Gasteiger partial charge in [-0.15, -0.1) is 24.0 Å². The molecule has 0 bridgehead atoms. The van der Waals surface area contributed by atoms with Crippen molar-refractivity contribution in [3.05, 3.63) is 35.9 Å². The second-order valence-electron chi connectivity index (χ2n) is 7.31. The molecular weight excluding hydrogens is 483 g/mol. The van der Waals surface area contributed by atoms with E-state index in [1.54, 1.807) is 19.0 Å². The second-order valence-corrected chi connectivity index (χ2v) is 7.31. The Morgan fingerprint density at radius 2 is 2.10 bits per heavy atom. The van der Waals surface area contributed by atoms with E-state index in [1.165, 1.54) is 0 Å². The van der Waals surface area contributed by atoms with E-state index in [4.69, 9.17) is 9.47 Å². The van der Waals surface area contributed by atoms with Crippen molar-refractivity contribution >= 4 is 35.8 Å². The Morgan fingerprint density at radius 1 is 1.34 bits per heavy atom. The van der Waals surface area contributed by atoms with Crippen LogP contribution < -0.4 is 10.6 Å². The van der Waals surface area contributed by atoms with Crippen molar-refractivity contribution in [3.63, 3.8) is 0 Å². The Bertz CT molecular complexity index is 607. The Hall–Kier alpha value is -1.39. The maximum atomic E-state index is 11.9. The number of likely N-dealkylation sites (N-methyl/N-ethyl adjacent to an activating group) is 1. The van der Waals surface area contributed by atoms with Crippen molar-refractivity contribution in [2.24, 2.45) is 10.9 Å². The van der Waals surface area contributed by atoms with Gasteiger partial charge in [0.2, 0.25) is 5.91 Å². The third kappa shape index (κ3) is 10.3. The van der Waals surface area contributed by atoms with Crippen molar-refractivity contribution in [2.45, 2.75) is 25.8 Å². The summed E-state index contributed by atoms with van der Waals surface area (Å²) in [6, 6.07) is 10.2. The molecule has 8 heteroatoms. The number of benzene rings is 1. The van der Waals surface area contributed by atoms with Crippen LogP contribution in [0.3, 0.4) is 0 Å². The van der Waals surface area contributed by atoms with Crippen LogP contribution in [0.2, 0.25) is 0 Å². The lowest BCUT2D eigenvalue weighted by Gasteiger charge is -2.19. The third-order valence-electron chi connectivity index (χ3n) is 4.66. The summed E-state index contributed by atoms with van der Waals surface area (Å²) in [5, 5.41) is 6.68. The van der Waals surface area contributed by atoms with Crippen LogP contribution in [-0.2, 0) is 14.3 Å². The molecule has 0 aliphatic carbocycles. The Labute approximate surface area is 191 Å². The van der Waals surface area contributed by atoms with E-state index >= 15 is 0 Å². The van der Waals surface area contributed by atoms with Crippen LogP contribution in [-0.4, -0.2) is 70.4 Å². The van der Waals surface area contributed by atoms with Crippen LogP contribution in [0, 0.1) is 5.92 Å². The van der Waals surface area contributed by atoms with Crippen LogP contribution in [0.25, 0.3) is 0 Å². The molecule has 1 aromatic rings. The maximum Gasteiger partial charge on any atom is 0.243 e. The number of halogens is 1. The van der Waals surface area contributed by atoms with Gasteiger partial charge in [0.1, 0.15) is 6.54 Å². The van der Waals surface area contributed by atoms with Crippen LogP contribution in [0.15, 0.2) is 35.3 Å². The minimum Gasteiger partial charge on any atom is -0.381 e. The molecule has 0 spiro atoms. The van der Waals surface area contributed by atoms with E-state index in [2.05, 4.69) is 34.7 Å². The number of hydrogen-bond donors (Lipinski definition) is 2. The molecule has 29 heavy (non-hydrogen) atoms. The molecular formula is C21H35IN4O3. The van der Waals surface area contributed by atoms with Crippen LogP contribution in [0.5, 0.6) is 0 Å². The number of aliphatic imine (C=N–C) groups is 1. The molecule has 1 heterocycles. The highest BCUT2D eigenvalue weighted by Gasteiger charge is 2.15. The summed E-state index contributed by atoms with van der Waals surface area (Å²) >= 11 is 0. The lowest BCUT2D eigenvalue weighted by Crippen LogP contribution is -2.40. The van der Waals surface area contributed by atoms with E-state index < -0.39 is 0 Å². The molecule has 1 amide bonds. The zero-order valence-corrected chi connectivity index (χ0v) is 20.1. The summed E-state index contributed by atoms with van der Waals surface area (Å²) in [6.45, 7) is 6.05. The highest BCUT2D eigenvalue weighted by molar-refractivity contribution is 14.0. The Kier molecular flexibility index (Phi) is 12.9. The van der Waals surface area contributed by atoms with Gasteiger partial charge in [0.05, 0.1) is 19.3 Å². The van der Waals surface area contributed by atoms with E-state index in [0.717, 1.165) is 44.8 Å². The van der Waals surface area contributed by atoms with Gasteiger partial charge in [-0.3, -0.25) is 4.79 Å². The lowest BCUT2D eigenvalue weighted by molar-refractivity contribution is -0.127. The topological polar surface area (TPSA) is 75.2 Å². The summed E-state index contributed by atoms with van der Waals surface area (Å²) in [5.41, 5.74) is 1.16. The minimum absolute atomic E-state index is 0. The number of nitrogens with one attached hydrogen (secondary N) is 2. The second kappa shape index (κ2) is 14.6. The number of rotatable bonds is 10. The van der Waals surface area contributed by atoms with Crippen molar-refractivity contribution in [3.8, 4) is 0 Å². The first-order valence-electron chi connectivity index (χ1n) is 10.0. The SMILES string of the molecule is CC(NC(=NCC(=O)N(C)C)NCCCOCC1CCOC1)c1ccccc1.I. The number of nitrogens with zero attached hydrogens (tertiary/aromatic N) is 2. The fourth-order valence-corrected chi connectivity index (χ4v) is 2.82. The summed E-state index contributed by atoms with van der Waals surface area (Å²) < 4.78 is 11.1. The van der Waals surface area contributed by atoms with Gasteiger partial charge in [-0.05, 0) is 25.3 Å². The molecule has 1 fully saturated rings. The molecule has 1 aromatic carbocycles. The van der Waals surface area contributed by atoms with Crippen LogP contribution >= 0.6 is 24.0 Å². The first-order chi connectivity index (χ1) is 13.6. The molecule has 164 valence electrons. The predicted molar refractivity (Wildman–Crippen MR) is 127 cm³/mol. The van der Waals surface area contributed by atoms with Gasteiger partial charge >= 0.3 is 0 Å². The van der Waals surface area contributed by atoms with Gasteiger partial charge in [0, 0.05) is 39.8 Å². The molecule has 1 aliphatic rings. The smallest absolute Gasteiger partial charge is 0.243 e. The molecule has 1 saturated heterocycles. The van der Waals surface area contributed by atoms with E-state index in [9.17, 15) is 4.79 Å². The summed E-state index contributed by atoms with van der Waals surface area (Å²) in [5.74, 6) is 1.14. The van der Waals surface area contributed by atoms with Crippen molar-refractivity contribution < 1.29 is 14.3 Å². The summed E-state index contributed by atoms with van der Waals surface area (Å²) in [7, 11) is 3.47.